The van der Waals surface area contributed by atoms with Gasteiger partial charge in [-0.25, -0.2) is 0 Å². The van der Waals surface area contributed by atoms with E-state index in [2.05, 4.69) is 17.1 Å². The lowest BCUT2D eigenvalue weighted by atomic mass is 10.3. The normalized spacial score (nSPS) is 8.11. The summed E-state index contributed by atoms with van der Waals surface area (Å²) in [6, 6.07) is 0. The van der Waals surface area contributed by atoms with E-state index in [1.165, 1.54) is 0 Å². The van der Waals surface area contributed by atoms with Crippen LogP contribution in [-0.2, 0) is 0 Å². The van der Waals surface area contributed by atoms with Crippen LogP contribution in [0.15, 0.2) is 0 Å². The Morgan fingerprint density at radius 1 is 1.78 bits per heavy atom. The van der Waals surface area contributed by atoms with Crippen LogP contribution in [0, 0.1) is 4.91 Å². The Hall–Kier alpha value is -1.02. The van der Waals surface area contributed by atoms with Crippen LogP contribution in [-0.4, -0.2) is 12.5 Å². The molecule has 0 saturated heterocycles. The Bertz CT molecular complexity index is 117. The average molecular weight is 130 g/mol. The smallest absolute Gasteiger partial charge is 0.273 e. The molecule has 0 aromatic heterocycles. The van der Waals surface area contributed by atoms with E-state index in [0.717, 1.165) is 19.4 Å². The largest absolute Gasteiger partial charge is 0.485 e. The third-order valence-corrected chi connectivity index (χ3v) is 0.935. The number of nitrogens with zero attached hydrogens (tertiary/aromatic N) is 1. The molecule has 9 heavy (non-hydrogen) atoms. The summed E-state index contributed by atoms with van der Waals surface area (Å²) in [4.78, 5) is 12.1. The molecule has 0 spiro atoms. The second-order valence-electron chi connectivity index (χ2n) is 1.76. The van der Waals surface area contributed by atoms with Gasteiger partial charge in [-0.2, -0.15) is 0 Å². The summed E-state index contributed by atoms with van der Waals surface area (Å²) in [6.45, 7) is 2.79. The second kappa shape index (κ2) is 5.12. The summed E-state index contributed by atoms with van der Waals surface area (Å²) >= 11 is 0. The van der Waals surface area contributed by atoms with Gasteiger partial charge in [-0.15, -0.1) is 0 Å². The fraction of sp³-hybridized carbons (Fsp3) is 0.800. The highest BCUT2D eigenvalue weighted by atomic mass is 16.2. The molecule has 0 aromatic rings. The fourth-order valence-electron chi connectivity index (χ4n) is 0.426. The maximum Gasteiger partial charge on any atom is 0.485 e. The topological polar surface area (TPSA) is 69.2 Å². The van der Waals surface area contributed by atoms with Crippen LogP contribution >= 0.6 is 0 Å². The summed E-state index contributed by atoms with van der Waals surface area (Å²) in [5.74, 6) is -0.0246. The van der Waals surface area contributed by atoms with Gasteiger partial charge >= 0.3 is 5.96 Å². The highest BCUT2D eigenvalue weighted by molar-refractivity contribution is 5.75. The van der Waals surface area contributed by atoms with Crippen LogP contribution in [0.25, 0.3) is 0 Å². The molecule has 0 aromatic carbocycles. The molecule has 0 fully saturated rings. The van der Waals surface area contributed by atoms with Crippen molar-refractivity contribution in [2.45, 2.75) is 19.8 Å². The summed E-state index contributed by atoms with van der Waals surface area (Å²) in [6.07, 6.45) is 2.09. The van der Waals surface area contributed by atoms with Crippen LogP contribution in [0.2, 0.25) is 0 Å². The quantitative estimate of drug-likeness (QED) is 0.235. The lowest BCUT2D eigenvalue weighted by molar-refractivity contribution is 0.751. The first kappa shape index (κ1) is 7.98. The van der Waals surface area contributed by atoms with Crippen molar-refractivity contribution in [3.05, 3.63) is 4.91 Å². The first-order valence-electron chi connectivity index (χ1n) is 3.01. The number of rotatable bonds is 3. The van der Waals surface area contributed by atoms with Gasteiger partial charge in [0.1, 0.15) is 0 Å². The number of hydrogen-bond acceptors (Lipinski definition) is 1. The van der Waals surface area contributed by atoms with Crippen molar-refractivity contribution in [3.63, 3.8) is 0 Å². The molecule has 3 N–H and O–H groups in total. The molecule has 0 rings (SSSR count). The zero-order valence-electron chi connectivity index (χ0n) is 5.55. The maximum absolute atomic E-state index is 9.62. The van der Waals surface area contributed by atoms with Gasteiger partial charge in [-0.3, -0.25) is 11.1 Å². The first-order valence-corrected chi connectivity index (χ1v) is 3.01. The van der Waals surface area contributed by atoms with Crippen LogP contribution in [0.3, 0.4) is 0 Å². The number of guanidine groups is 1. The van der Waals surface area contributed by atoms with E-state index in [-0.39, 0.29) is 5.96 Å². The Balaban J connectivity index is 3.17. The molecular formula is C5H12N3O+. The van der Waals surface area contributed by atoms with Crippen LogP contribution in [0.1, 0.15) is 19.8 Å². The molecule has 4 nitrogen and oxygen atoms in total. The van der Waals surface area contributed by atoms with E-state index in [1.807, 2.05) is 0 Å². The first-order chi connectivity index (χ1) is 4.31. The van der Waals surface area contributed by atoms with Crippen molar-refractivity contribution in [1.29, 1.82) is 0 Å². The SMILES string of the molecule is CCCCNC(N)=[N+]=O. The lowest BCUT2D eigenvalue weighted by Gasteiger charge is -1.89. The molecule has 0 aliphatic carbocycles. The van der Waals surface area contributed by atoms with Gasteiger partial charge in [0, 0.05) is 9.76 Å². The lowest BCUT2D eigenvalue weighted by Crippen LogP contribution is -2.33. The second-order valence-corrected chi connectivity index (χ2v) is 1.76. The van der Waals surface area contributed by atoms with Crippen LogP contribution in [0.5, 0.6) is 0 Å². The minimum Gasteiger partial charge on any atom is -0.273 e. The molecule has 0 bridgehead atoms. The third-order valence-electron chi connectivity index (χ3n) is 0.935. The Kier molecular flexibility index (Phi) is 4.54. The molecule has 0 amide bonds. The summed E-state index contributed by atoms with van der Waals surface area (Å²) < 4.78 is 0. The van der Waals surface area contributed by atoms with Crippen LogP contribution < -0.4 is 15.9 Å². The molecule has 0 atom stereocenters. The summed E-state index contributed by atoms with van der Waals surface area (Å²) in [5, 5.41) is 2.65. The molecule has 0 aliphatic heterocycles. The van der Waals surface area contributed by atoms with E-state index in [0.29, 0.717) is 0 Å². The van der Waals surface area contributed by atoms with Gasteiger partial charge in [0.2, 0.25) is 0 Å². The number of nitroso groups, excluding NO2 is 1. The third kappa shape index (κ3) is 4.84. The van der Waals surface area contributed by atoms with Crippen molar-refractivity contribution in [2.24, 2.45) is 5.73 Å². The Labute approximate surface area is 54.1 Å². The zero-order chi connectivity index (χ0) is 7.11. The molecule has 0 aliphatic rings. The van der Waals surface area contributed by atoms with Crippen molar-refractivity contribution < 1.29 is 0 Å². The number of nitrogens with two attached hydrogens (primary N) is 1. The van der Waals surface area contributed by atoms with Gasteiger partial charge in [0.15, 0.2) is 0 Å². The Morgan fingerprint density at radius 3 is 2.89 bits per heavy atom. The molecule has 0 saturated carbocycles. The molecule has 0 unspecified atom stereocenters. The van der Waals surface area contributed by atoms with Crippen molar-refractivity contribution in [3.8, 4) is 0 Å². The average Bonchev–Trinajstić information content (AvgIpc) is 1.89. The van der Waals surface area contributed by atoms with E-state index in [1.54, 1.807) is 0 Å². The predicted molar refractivity (Wildman–Crippen MR) is 37.6 cm³/mol. The molecular weight excluding hydrogens is 118 g/mol. The molecule has 4 heteroatoms. The molecule has 52 valence electrons. The summed E-state index contributed by atoms with van der Waals surface area (Å²) in [5.41, 5.74) is 5.04. The van der Waals surface area contributed by atoms with Crippen molar-refractivity contribution in [2.75, 3.05) is 6.54 Å². The number of unbranched alkanes of at least 4 members (excludes halogenated alkanes) is 1. The highest BCUT2D eigenvalue weighted by Crippen LogP contribution is 1.80. The molecule has 0 radical (unpaired) electrons. The standard InChI is InChI=1S/C5H11N3O/c1-2-3-4-7-5(6)8-9/h2-4H2,1H3,(H2,6,7)/p+1. The van der Waals surface area contributed by atoms with Crippen molar-refractivity contribution in [1.82, 2.24) is 10.2 Å². The van der Waals surface area contributed by atoms with Gasteiger partial charge in [-0.1, -0.05) is 13.3 Å². The zero-order valence-corrected chi connectivity index (χ0v) is 5.55. The highest BCUT2D eigenvalue weighted by Gasteiger charge is 1.97. The maximum atomic E-state index is 9.62. The molecule has 0 heterocycles. The van der Waals surface area contributed by atoms with E-state index >= 15 is 0 Å². The van der Waals surface area contributed by atoms with Gasteiger partial charge in [0.05, 0.1) is 6.54 Å². The van der Waals surface area contributed by atoms with E-state index < -0.39 is 0 Å². The van der Waals surface area contributed by atoms with Crippen LogP contribution in [0.4, 0.5) is 0 Å². The predicted octanol–water partition coefficient (Wildman–Crippen LogP) is -0.476. The minimum atomic E-state index is -0.0246. The van der Waals surface area contributed by atoms with Gasteiger partial charge < -0.3 is 0 Å². The van der Waals surface area contributed by atoms with E-state index in [4.69, 9.17) is 5.73 Å². The Morgan fingerprint density at radius 2 is 2.44 bits per heavy atom. The van der Waals surface area contributed by atoms with Crippen molar-refractivity contribution >= 4 is 5.96 Å². The fourth-order valence-corrected chi connectivity index (χ4v) is 0.426. The number of hydrogen-bond donors (Lipinski definition) is 2. The van der Waals surface area contributed by atoms with E-state index in [9.17, 15) is 4.91 Å². The van der Waals surface area contributed by atoms with Gasteiger partial charge in [-0.05, 0) is 6.42 Å². The minimum absolute atomic E-state index is 0.0246. The number of nitrogens with one attached hydrogen (secondary N) is 1. The summed E-state index contributed by atoms with van der Waals surface area (Å²) in [7, 11) is 0. The monoisotopic (exact) mass is 130 g/mol. The van der Waals surface area contributed by atoms with Gasteiger partial charge in [0.25, 0.3) is 0 Å².